The summed E-state index contributed by atoms with van der Waals surface area (Å²) in [6.45, 7) is 3.18. The second kappa shape index (κ2) is 7.10. The topological polar surface area (TPSA) is 53.0 Å². The third kappa shape index (κ3) is 3.34. The Hall–Kier alpha value is -1.05. The summed E-state index contributed by atoms with van der Waals surface area (Å²) in [5.74, 6) is 0. The molecule has 4 heteroatoms. The third-order valence-corrected chi connectivity index (χ3v) is 4.72. The lowest BCUT2D eigenvalue weighted by Crippen LogP contribution is -2.41. The fourth-order valence-corrected chi connectivity index (χ4v) is 3.46. The van der Waals surface area contributed by atoms with Crippen LogP contribution in [0.3, 0.4) is 0 Å². The number of benzene rings is 1. The molecule has 2 rings (SSSR count). The van der Waals surface area contributed by atoms with E-state index < -0.39 is 0 Å². The quantitative estimate of drug-likeness (QED) is 0.910. The predicted molar refractivity (Wildman–Crippen MR) is 86.7 cm³/mol. The van der Waals surface area contributed by atoms with Gasteiger partial charge in [-0.25, -0.2) is 0 Å². The Kier molecular flexibility index (Phi) is 5.45. The molecule has 0 radical (unpaired) electrons. The van der Waals surface area contributed by atoms with E-state index in [0.717, 1.165) is 54.4 Å². The van der Waals surface area contributed by atoms with E-state index in [-0.39, 0.29) is 0 Å². The Morgan fingerprint density at radius 3 is 2.65 bits per heavy atom. The summed E-state index contributed by atoms with van der Waals surface area (Å²) >= 11 is 3.49. The average molecular weight is 336 g/mol. The van der Waals surface area contributed by atoms with Crippen molar-refractivity contribution in [1.82, 2.24) is 0 Å². The van der Waals surface area contributed by atoms with E-state index >= 15 is 0 Å². The summed E-state index contributed by atoms with van der Waals surface area (Å²) in [5, 5.41) is 9.43. The zero-order valence-corrected chi connectivity index (χ0v) is 13.6. The lowest BCUT2D eigenvalue weighted by Gasteiger charge is -2.38. The summed E-state index contributed by atoms with van der Waals surface area (Å²) in [6.07, 6.45) is 5.50. The Morgan fingerprint density at radius 2 is 2.05 bits per heavy atom. The van der Waals surface area contributed by atoms with E-state index in [1.807, 2.05) is 12.1 Å². The SMILES string of the molecule is CCCN(c1cccc(Br)c1C#N)C1CCC(N)CC1. The molecule has 0 atom stereocenters. The number of rotatable bonds is 4. The maximum absolute atomic E-state index is 9.43. The molecule has 0 aliphatic heterocycles. The summed E-state index contributed by atoms with van der Waals surface area (Å²) in [4.78, 5) is 2.41. The monoisotopic (exact) mass is 335 g/mol. The van der Waals surface area contributed by atoms with Gasteiger partial charge in [-0.2, -0.15) is 5.26 Å². The van der Waals surface area contributed by atoms with Gasteiger partial charge in [0.25, 0.3) is 0 Å². The van der Waals surface area contributed by atoms with Crippen LogP contribution in [0.1, 0.15) is 44.6 Å². The molecule has 0 amide bonds. The van der Waals surface area contributed by atoms with Crippen LogP contribution < -0.4 is 10.6 Å². The number of halogens is 1. The van der Waals surface area contributed by atoms with E-state index in [2.05, 4.69) is 39.9 Å². The van der Waals surface area contributed by atoms with Gasteiger partial charge in [-0.1, -0.05) is 13.0 Å². The molecule has 0 unspecified atom stereocenters. The third-order valence-electron chi connectivity index (χ3n) is 4.06. The standard InChI is InChI=1S/C16H22BrN3/c1-2-10-20(13-8-6-12(19)7-9-13)16-5-3-4-15(17)14(16)11-18/h3-5,12-13H,2,6-10,19H2,1H3. The highest BCUT2D eigenvalue weighted by molar-refractivity contribution is 9.10. The summed E-state index contributed by atoms with van der Waals surface area (Å²) < 4.78 is 0.881. The highest BCUT2D eigenvalue weighted by Crippen LogP contribution is 2.32. The predicted octanol–water partition coefficient (Wildman–Crippen LogP) is 3.81. The van der Waals surface area contributed by atoms with Crippen molar-refractivity contribution in [3.8, 4) is 6.07 Å². The van der Waals surface area contributed by atoms with Crippen molar-refractivity contribution in [3.63, 3.8) is 0 Å². The molecule has 1 aromatic rings. The van der Waals surface area contributed by atoms with Gasteiger partial charge in [0.15, 0.2) is 0 Å². The molecule has 0 saturated heterocycles. The maximum Gasteiger partial charge on any atom is 0.103 e. The van der Waals surface area contributed by atoms with Crippen molar-refractivity contribution in [2.45, 2.75) is 51.1 Å². The Morgan fingerprint density at radius 1 is 1.35 bits per heavy atom. The van der Waals surface area contributed by atoms with E-state index in [9.17, 15) is 5.26 Å². The van der Waals surface area contributed by atoms with Gasteiger partial charge in [0.1, 0.15) is 6.07 Å². The van der Waals surface area contributed by atoms with Crippen LogP contribution in [0.25, 0.3) is 0 Å². The lowest BCUT2D eigenvalue weighted by molar-refractivity contribution is 0.375. The van der Waals surface area contributed by atoms with Gasteiger partial charge in [0.05, 0.1) is 11.3 Å². The van der Waals surface area contributed by atoms with Crippen LogP contribution in [0.2, 0.25) is 0 Å². The van der Waals surface area contributed by atoms with E-state index in [1.54, 1.807) is 0 Å². The van der Waals surface area contributed by atoms with Gasteiger partial charge in [-0.05, 0) is 60.2 Å². The zero-order chi connectivity index (χ0) is 14.5. The van der Waals surface area contributed by atoms with Gasteiger partial charge >= 0.3 is 0 Å². The highest BCUT2D eigenvalue weighted by atomic mass is 79.9. The van der Waals surface area contributed by atoms with Crippen LogP contribution in [-0.2, 0) is 0 Å². The fraction of sp³-hybridized carbons (Fsp3) is 0.562. The van der Waals surface area contributed by atoms with E-state index in [0.29, 0.717) is 12.1 Å². The van der Waals surface area contributed by atoms with Crippen molar-refractivity contribution in [2.24, 2.45) is 5.73 Å². The van der Waals surface area contributed by atoms with Crippen molar-refractivity contribution in [2.75, 3.05) is 11.4 Å². The van der Waals surface area contributed by atoms with Crippen LogP contribution in [0.15, 0.2) is 22.7 Å². The van der Waals surface area contributed by atoms with Gasteiger partial charge < -0.3 is 10.6 Å². The number of anilines is 1. The molecule has 3 nitrogen and oxygen atoms in total. The maximum atomic E-state index is 9.43. The van der Waals surface area contributed by atoms with Crippen molar-refractivity contribution < 1.29 is 0 Å². The first-order valence-corrected chi connectivity index (χ1v) is 8.17. The van der Waals surface area contributed by atoms with Gasteiger partial charge in [-0.3, -0.25) is 0 Å². The molecular formula is C16H22BrN3. The average Bonchev–Trinajstić information content (AvgIpc) is 2.46. The van der Waals surface area contributed by atoms with Gasteiger partial charge in [0, 0.05) is 23.1 Å². The van der Waals surface area contributed by atoms with E-state index in [1.165, 1.54) is 0 Å². The number of nitrogens with zero attached hydrogens (tertiary/aromatic N) is 2. The molecule has 0 aromatic heterocycles. The second-order valence-corrected chi connectivity index (χ2v) is 6.36. The molecular weight excluding hydrogens is 314 g/mol. The summed E-state index contributed by atoms with van der Waals surface area (Å²) in [6, 6.07) is 9.21. The number of nitriles is 1. The Bertz CT molecular complexity index is 487. The van der Waals surface area contributed by atoms with Gasteiger partial charge in [0.2, 0.25) is 0 Å². The van der Waals surface area contributed by atoms with Crippen LogP contribution >= 0.6 is 15.9 Å². The molecule has 0 spiro atoms. The van der Waals surface area contributed by atoms with Crippen molar-refractivity contribution >= 4 is 21.6 Å². The number of nitrogens with two attached hydrogens (primary N) is 1. The summed E-state index contributed by atoms with van der Waals surface area (Å²) in [5.41, 5.74) is 7.82. The molecule has 1 saturated carbocycles. The fourth-order valence-electron chi connectivity index (χ4n) is 3.02. The second-order valence-electron chi connectivity index (χ2n) is 5.51. The molecule has 1 aliphatic rings. The number of hydrogen-bond acceptors (Lipinski definition) is 3. The Labute approximate surface area is 129 Å². The summed E-state index contributed by atoms with van der Waals surface area (Å²) in [7, 11) is 0. The highest BCUT2D eigenvalue weighted by Gasteiger charge is 2.25. The van der Waals surface area contributed by atoms with E-state index in [4.69, 9.17) is 5.73 Å². The largest absolute Gasteiger partial charge is 0.367 e. The molecule has 108 valence electrons. The number of hydrogen-bond donors (Lipinski definition) is 1. The first-order chi connectivity index (χ1) is 9.67. The first kappa shape index (κ1) is 15.3. The first-order valence-electron chi connectivity index (χ1n) is 7.38. The minimum absolute atomic E-state index is 0.354. The van der Waals surface area contributed by atoms with Gasteiger partial charge in [-0.15, -0.1) is 0 Å². The van der Waals surface area contributed by atoms with Crippen LogP contribution in [0, 0.1) is 11.3 Å². The van der Waals surface area contributed by atoms with Crippen molar-refractivity contribution in [1.29, 1.82) is 5.26 Å². The zero-order valence-electron chi connectivity index (χ0n) is 12.0. The molecule has 1 fully saturated rings. The normalized spacial score (nSPS) is 22.3. The van der Waals surface area contributed by atoms with Crippen molar-refractivity contribution in [3.05, 3.63) is 28.2 Å². The molecule has 0 heterocycles. The smallest absolute Gasteiger partial charge is 0.103 e. The lowest BCUT2D eigenvalue weighted by atomic mass is 9.90. The van der Waals surface area contributed by atoms with Crippen LogP contribution in [0.5, 0.6) is 0 Å². The van der Waals surface area contributed by atoms with Crippen LogP contribution in [-0.4, -0.2) is 18.6 Å². The molecule has 1 aliphatic carbocycles. The van der Waals surface area contributed by atoms with Crippen LogP contribution in [0.4, 0.5) is 5.69 Å². The molecule has 0 bridgehead atoms. The molecule has 20 heavy (non-hydrogen) atoms. The minimum Gasteiger partial charge on any atom is -0.367 e. The Balaban J connectivity index is 2.29. The molecule has 2 N–H and O–H groups in total. The minimum atomic E-state index is 0.354. The molecule has 1 aromatic carbocycles.